The van der Waals surface area contributed by atoms with Gasteiger partial charge in [0.2, 0.25) is 5.91 Å². The fourth-order valence-corrected chi connectivity index (χ4v) is 15.1. The average Bonchev–Trinajstić information content (AvgIpc) is 0.745. The molecule has 9 amide bonds. The van der Waals surface area contributed by atoms with Gasteiger partial charge in [-0.05, 0) is 147 Å². The number of carbonyl (C=O) groups is 11. The maximum Gasteiger partial charge on any atom is 0.303 e. The van der Waals surface area contributed by atoms with Crippen molar-refractivity contribution in [1.29, 1.82) is 0 Å². The lowest BCUT2D eigenvalue weighted by atomic mass is 9.89. The number of nitrogens with zero attached hydrogens (tertiary/aromatic N) is 4. The largest absolute Gasteiger partial charge is 0.545 e. The summed E-state index contributed by atoms with van der Waals surface area (Å²) in [7, 11) is 0. The number of amides is 9. The van der Waals surface area contributed by atoms with Crippen LogP contribution in [-0.4, -0.2) is 263 Å². The zero-order valence-corrected chi connectivity index (χ0v) is 68.0. The second kappa shape index (κ2) is 43.1. The molecule has 0 aliphatic carbocycles. The molecule has 122 heavy (non-hydrogen) atoms. The third kappa shape index (κ3) is 24.3. The number of aromatic hydroxyl groups is 5. The van der Waals surface area contributed by atoms with Crippen molar-refractivity contribution in [3.05, 3.63) is 199 Å². The van der Waals surface area contributed by atoms with E-state index >= 15 is 4.79 Å². The number of ether oxygens (including phenoxy) is 1. The van der Waals surface area contributed by atoms with Gasteiger partial charge in [-0.1, -0.05) is 49.0 Å². The zero-order valence-electron chi connectivity index (χ0n) is 67.2. The van der Waals surface area contributed by atoms with E-state index in [0.29, 0.717) is 70.0 Å². The van der Waals surface area contributed by atoms with Crippen molar-refractivity contribution in [2.75, 3.05) is 136 Å². The van der Waals surface area contributed by atoms with Crippen LogP contribution in [0.2, 0.25) is 0 Å². The van der Waals surface area contributed by atoms with Crippen LogP contribution >= 0.6 is 12.2 Å². The summed E-state index contributed by atoms with van der Waals surface area (Å²) in [6.07, 6.45) is 1.83. The lowest BCUT2D eigenvalue weighted by Crippen LogP contribution is -2.50. The second-order valence-electron chi connectivity index (χ2n) is 30.0. The number of hydrogen-bond acceptors (Lipinski definition) is 23. The van der Waals surface area contributed by atoms with Gasteiger partial charge in [0.05, 0.1) is 50.5 Å². The molecule has 0 radical (unpaired) electrons. The first-order valence-electron chi connectivity index (χ1n) is 40.5. The van der Waals surface area contributed by atoms with Gasteiger partial charge < -0.3 is 104 Å². The number of carboxylic acid groups (broad SMARTS) is 2. The van der Waals surface area contributed by atoms with Crippen molar-refractivity contribution in [3.63, 3.8) is 0 Å². The van der Waals surface area contributed by atoms with Crippen molar-refractivity contribution in [1.82, 2.24) is 72.8 Å². The SMILES string of the molecule is C=c1ccc2c(c1)Oc1cc(O)ccc1C=2c1ccc(NC(=S)NCCCCC2CN3CCNC(=O)c4cccc(c4O)C(=O)NCCN(CCNC(=O)c4cccc(c4O)C(=O)N2)CCN2CCNC(=O)c4cccc(c4O)C(=O)NCCN(CC3)CC(CCCCNC(=O)CCCC(=O)O)NC(=O)c3cccc(c3O)C(=O)NCC2)cc1C(=O)[O-]. The molecular weight excluding hydrogens is 1590 g/mol. The molecule has 12 bridgehead atoms. The second-order valence-corrected chi connectivity index (χ2v) is 30.4. The first kappa shape index (κ1) is 89.6. The molecule has 35 heteroatoms. The zero-order chi connectivity index (χ0) is 86.9. The minimum absolute atomic E-state index is 0.00577. The predicted octanol–water partition coefficient (Wildman–Crippen LogP) is 1.96. The summed E-state index contributed by atoms with van der Waals surface area (Å²) in [4.78, 5) is 160. The number of phenolic OH excluding ortho intramolecular Hbond substituents is 5. The lowest BCUT2D eigenvalue weighted by molar-refractivity contribution is -0.255. The Morgan fingerprint density at radius 2 is 0.828 bits per heavy atom. The van der Waals surface area contributed by atoms with Crippen LogP contribution in [0.4, 0.5) is 5.69 Å². The molecular formula is C87H100N15O19S-. The number of unbranched alkanes of at least 4 members (excludes halogenated alkanes) is 2. The molecule has 6 unspecified atom stereocenters. The Hall–Kier alpha value is -13.2. The molecule has 5 heterocycles. The minimum Gasteiger partial charge on any atom is -0.545 e. The fourth-order valence-electron chi connectivity index (χ4n) is 14.9. The minimum atomic E-state index is -1.49. The number of fused-ring (bicyclic) bond motifs is 18. The van der Waals surface area contributed by atoms with Crippen LogP contribution in [0.1, 0.15) is 162 Å². The molecule has 5 aliphatic rings. The van der Waals surface area contributed by atoms with Gasteiger partial charge in [-0.2, -0.15) is 0 Å². The van der Waals surface area contributed by atoms with E-state index in [4.69, 9.17) is 17.0 Å². The maximum absolute atomic E-state index is 15.0. The summed E-state index contributed by atoms with van der Waals surface area (Å²) in [6.45, 7) is 4.85. The van der Waals surface area contributed by atoms with Crippen molar-refractivity contribution >= 4 is 100 Å². The highest BCUT2D eigenvalue weighted by molar-refractivity contribution is 7.80. The van der Waals surface area contributed by atoms with Crippen molar-refractivity contribution in [2.45, 2.75) is 69.9 Å². The van der Waals surface area contributed by atoms with E-state index in [1.165, 1.54) is 91.0 Å². The molecule has 12 rings (SSSR count). The number of benzene rings is 7. The van der Waals surface area contributed by atoms with E-state index in [1.54, 1.807) is 36.4 Å². The van der Waals surface area contributed by atoms with E-state index < -0.39 is 94.3 Å². The summed E-state index contributed by atoms with van der Waals surface area (Å²) in [5, 5.41) is 114. The van der Waals surface area contributed by atoms with Crippen molar-refractivity contribution < 1.29 is 93.2 Å². The summed E-state index contributed by atoms with van der Waals surface area (Å²) in [5.41, 5.74) is -0.377. The number of para-hydroxylation sites is 4. The average molecular weight is 1690 g/mol. The van der Waals surface area contributed by atoms with Crippen LogP contribution in [0.15, 0.2) is 127 Å². The number of rotatable bonds is 17. The number of hydrogen-bond donors (Lipinski definition) is 17. The number of phenols is 5. The van der Waals surface area contributed by atoms with Gasteiger partial charge in [0.15, 0.2) is 5.11 Å². The Bertz CT molecular complexity index is 5230. The Morgan fingerprint density at radius 1 is 0.434 bits per heavy atom. The number of nitrogens with one attached hydrogen (secondary N) is 11. The molecule has 0 fully saturated rings. The third-order valence-electron chi connectivity index (χ3n) is 21.4. The summed E-state index contributed by atoms with van der Waals surface area (Å²) in [6, 6.07) is 29.4. The van der Waals surface area contributed by atoms with Gasteiger partial charge in [0.1, 0.15) is 40.2 Å². The van der Waals surface area contributed by atoms with Gasteiger partial charge >= 0.3 is 5.97 Å². The third-order valence-corrected chi connectivity index (χ3v) is 21.6. The topological polar surface area (TPSA) is 487 Å². The molecule has 0 spiro atoms. The lowest BCUT2D eigenvalue weighted by Gasteiger charge is -2.33. The highest BCUT2D eigenvalue weighted by atomic mass is 32.1. The van der Waals surface area contributed by atoms with Crippen LogP contribution in [0.3, 0.4) is 0 Å². The molecule has 17 N–H and O–H groups in total. The van der Waals surface area contributed by atoms with Gasteiger partial charge in [0, 0.05) is 189 Å². The highest BCUT2D eigenvalue weighted by Crippen LogP contribution is 2.40. The van der Waals surface area contributed by atoms with Crippen molar-refractivity contribution in [2.24, 2.45) is 0 Å². The number of aromatic carboxylic acids is 1. The molecule has 5 aliphatic heterocycles. The number of aliphatic carboxylic acids is 1. The van der Waals surface area contributed by atoms with Gasteiger partial charge in [-0.15, -0.1) is 0 Å². The first-order valence-corrected chi connectivity index (χ1v) is 40.9. The molecule has 6 atom stereocenters. The Balaban J connectivity index is 0.940. The quantitative estimate of drug-likeness (QED) is 0.0458. The Kier molecular flexibility index (Phi) is 31.7. The highest BCUT2D eigenvalue weighted by Gasteiger charge is 2.30. The number of anilines is 1. The van der Waals surface area contributed by atoms with Crippen LogP contribution < -0.4 is 78.8 Å². The molecule has 0 saturated carbocycles. The molecule has 644 valence electrons. The Labute approximate surface area is 708 Å². The summed E-state index contributed by atoms with van der Waals surface area (Å²) < 4.78 is 6.15. The molecule has 7 aromatic carbocycles. The van der Waals surface area contributed by atoms with Crippen LogP contribution in [0.5, 0.6) is 40.2 Å². The predicted molar refractivity (Wildman–Crippen MR) is 453 cm³/mol. The van der Waals surface area contributed by atoms with E-state index in [0.717, 1.165) is 0 Å². The summed E-state index contributed by atoms with van der Waals surface area (Å²) in [5.74, 6) is -10.6. The van der Waals surface area contributed by atoms with Crippen LogP contribution in [0, 0.1) is 0 Å². The molecule has 7 aromatic rings. The standard InChI is InChI=1S/C87H101N15O19S/c1-52-23-26-58-69(47-52)121-70-49-56(103)25-28-59(70)73(58)57-27-24-53(48-68(57)86(119)120)98-87(122)95-30-5-3-12-55-51-102-42-36-94-81(114)63-16-7-14-61(75(63)108)79(112)90-32-38-100(40-34-92-83(116)65-18-9-20-67(77(65)110)85(118)97-55)44-43-99-37-31-89-78(111)60-13-6-15-62(74(60)107)80(113)93-35-41-101(45-46-102)50-54(11-2-4-29-88-71(104)21-10-22-72(105)106)96-84(117)66-19-8-17-64(76(66)109)82(115)91-33-39-99/h6-9,13-20,23-28,47-49,54-55,103,107-110H,1-5,10-12,21-22,29-46,50-51H2,(H,88,104)(H,89,111)(H,90,112)(H,91,115)(H,92,116)(H,93,113)(H,94,114)(H,96,117)(H,97,118)(H,105,106)(H,119,120)(H2,95,98,122)/p-1. The smallest absolute Gasteiger partial charge is 0.303 e. The van der Waals surface area contributed by atoms with Crippen LogP contribution in [0.25, 0.3) is 12.2 Å². The van der Waals surface area contributed by atoms with E-state index in [-0.39, 0.29) is 230 Å². The number of carboxylic acids is 2. The van der Waals surface area contributed by atoms with Crippen LogP contribution in [-0.2, 0) is 9.59 Å². The monoisotopic (exact) mass is 1690 g/mol. The fraction of sp³-hybridized carbons (Fsp3) is 0.356. The van der Waals surface area contributed by atoms with Gasteiger partial charge in [-0.25, -0.2) is 0 Å². The van der Waals surface area contributed by atoms with Gasteiger partial charge in [0.25, 0.3) is 47.3 Å². The van der Waals surface area contributed by atoms with E-state index in [1.807, 2.05) is 19.6 Å². The molecule has 0 aromatic heterocycles. The van der Waals surface area contributed by atoms with E-state index in [9.17, 15) is 83.7 Å². The van der Waals surface area contributed by atoms with Crippen molar-refractivity contribution in [3.8, 4) is 40.2 Å². The molecule has 34 nitrogen and oxygen atoms in total. The maximum atomic E-state index is 15.0. The number of thiocarbonyl (C=S) groups is 1. The van der Waals surface area contributed by atoms with Gasteiger partial charge in [-0.3, -0.25) is 67.5 Å². The number of carbonyl (C=O) groups excluding carboxylic acids is 10. The first-order chi connectivity index (χ1) is 58.8. The molecule has 0 saturated heterocycles. The van der Waals surface area contributed by atoms with E-state index in [2.05, 4.69) is 65.1 Å². The normalized spacial score (nSPS) is 19.4. The Morgan fingerprint density at radius 3 is 1.25 bits per heavy atom. The summed E-state index contributed by atoms with van der Waals surface area (Å²) >= 11 is 5.77.